The van der Waals surface area contributed by atoms with Gasteiger partial charge in [-0.1, -0.05) is 42.5 Å². The molecule has 0 spiro atoms. The van der Waals surface area contributed by atoms with Gasteiger partial charge in [-0.25, -0.2) is 8.78 Å². The largest absolute Gasteiger partial charge is 0.496 e. The molecule has 1 heterocycles. The molecule has 0 fully saturated rings. The van der Waals surface area contributed by atoms with Crippen LogP contribution in [0.25, 0.3) is 38.4 Å². The van der Waals surface area contributed by atoms with Gasteiger partial charge in [0.25, 0.3) is 0 Å². The number of ether oxygens (including phenoxy) is 1. The third kappa shape index (κ3) is 4.26. The molecule has 1 aromatic heterocycles. The Morgan fingerprint density at radius 3 is 2.54 bits per heavy atom. The summed E-state index contributed by atoms with van der Waals surface area (Å²) in [6.45, 7) is 1.77. The summed E-state index contributed by atoms with van der Waals surface area (Å²) in [4.78, 5) is 12.6. The molecule has 5 rings (SSSR count). The number of methoxy groups -OCH3 is 1. The number of fused-ring (bicyclic) bond motifs is 2. The zero-order valence-electron chi connectivity index (χ0n) is 19.1. The number of allylic oxidation sites excluding steroid dienone is 1. The first-order chi connectivity index (χ1) is 16.9. The van der Waals surface area contributed by atoms with Gasteiger partial charge < -0.3 is 14.5 Å². The Morgan fingerprint density at radius 1 is 0.943 bits per heavy atom. The number of rotatable bonds is 5. The average Bonchev–Trinajstić information content (AvgIpc) is 3.27. The molecule has 0 radical (unpaired) electrons. The lowest BCUT2D eigenvalue weighted by Gasteiger charge is -2.11. The molecule has 6 heteroatoms. The lowest BCUT2D eigenvalue weighted by Crippen LogP contribution is -2.10. The number of hydrogen-bond acceptors (Lipinski definition) is 3. The van der Waals surface area contributed by atoms with Gasteiger partial charge in [-0.15, -0.1) is 0 Å². The highest BCUT2D eigenvalue weighted by Crippen LogP contribution is 2.39. The van der Waals surface area contributed by atoms with Crippen molar-refractivity contribution in [3.63, 3.8) is 0 Å². The van der Waals surface area contributed by atoms with E-state index in [0.29, 0.717) is 22.5 Å². The summed E-state index contributed by atoms with van der Waals surface area (Å²) in [5.41, 5.74) is 3.80. The maximum atomic E-state index is 13.9. The van der Waals surface area contributed by atoms with Crippen molar-refractivity contribution in [3.05, 3.63) is 102 Å². The Hall–Kier alpha value is -4.45. The van der Waals surface area contributed by atoms with Gasteiger partial charge in [-0.2, -0.15) is 0 Å². The predicted molar refractivity (Wildman–Crippen MR) is 134 cm³/mol. The molecule has 4 nitrogen and oxygen atoms in total. The molecular weight excluding hydrogens is 448 g/mol. The molecule has 0 bridgehead atoms. The van der Waals surface area contributed by atoms with E-state index in [1.807, 2.05) is 30.3 Å². The lowest BCUT2D eigenvalue weighted by molar-refractivity contribution is -0.111. The Balaban J connectivity index is 1.56. The van der Waals surface area contributed by atoms with Crippen LogP contribution in [0.15, 0.2) is 89.6 Å². The van der Waals surface area contributed by atoms with Crippen LogP contribution in [0.2, 0.25) is 0 Å². The molecule has 0 saturated heterocycles. The van der Waals surface area contributed by atoms with Crippen LogP contribution in [0.4, 0.5) is 14.5 Å². The quantitative estimate of drug-likeness (QED) is 0.270. The normalized spacial score (nSPS) is 11.7. The van der Waals surface area contributed by atoms with Crippen molar-refractivity contribution in [2.45, 2.75) is 6.92 Å². The van der Waals surface area contributed by atoms with Gasteiger partial charge in [0.2, 0.25) is 5.91 Å². The number of halogens is 2. The van der Waals surface area contributed by atoms with Crippen LogP contribution < -0.4 is 10.1 Å². The molecule has 1 amide bonds. The van der Waals surface area contributed by atoms with Gasteiger partial charge in [-0.05, 0) is 47.0 Å². The zero-order valence-corrected chi connectivity index (χ0v) is 19.1. The van der Waals surface area contributed by atoms with E-state index < -0.39 is 17.5 Å². The summed E-state index contributed by atoms with van der Waals surface area (Å²) in [7, 11) is 1.54. The standard InChI is InChI=1S/C29H21F2NO3/c1-17(12-29(33)32-26-11-10-19(30)13-25(26)31)22-14-23-24(16-35-28(23)15-27(22)34-2)21-9-5-7-18-6-3-4-8-20(18)21/h3-16H,1-2H3,(H,32,33)/b17-12+. The molecule has 35 heavy (non-hydrogen) atoms. The van der Waals surface area contributed by atoms with Crippen LogP contribution in [-0.4, -0.2) is 13.0 Å². The second-order valence-corrected chi connectivity index (χ2v) is 8.17. The van der Waals surface area contributed by atoms with Crippen molar-refractivity contribution in [3.8, 4) is 16.9 Å². The van der Waals surface area contributed by atoms with Crippen molar-refractivity contribution < 1.29 is 22.7 Å². The minimum absolute atomic E-state index is 0.101. The number of anilines is 1. The number of furan rings is 1. The van der Waals surface area contributed by atoms with Crippen LogP contribution in [-0.2, 0) is 4.79 Å². The van der Waals surface area contributed by atoms with Gasteiger partial charge in [-0.3, -0.25) is 4.79 Å². The van der Waals surface area contributed by atoms with E-state index in [-0.39, 0.29) is 5.69 Å². The maximum absolute atomic E-state index is 13.9. The Morgan fingerprint density at radius 2 is 1.74 bits per heavy atom. The van der Waals surface area contributed by atoms with Gasteiger partial charge in [0.15, 0.2) is 0 Å². The summed E-state index contributed by atoms with van der Waals surface area (Å²) < 4.78 is 38.5. The van der Waals surface area contributed by atoms with Crippen molar-refractivity contribution in [2.24, 2.45) is 0 Å². The summed E-state index contributed by atoms with van der Waals surface area (Å²) in [6.07, 6.45) is 3.07. The summed E-state index contributed by atoms with van der Waals surface area (Å²) in [5, 5.41) is 5.54. The summed E-state index contributed by atoms with van der Waals surface area (Å²) >= 11 is 0. The fourth-order valence-electron chi connectivity index (χ4n) is 4.23. The monoisotopic (exact) mass is 469 g/mol. The minimum Gasteiger partial charge on any atom is -0.496 e. The molecule has 174 valence electrons. The molecule has 4 aromatic carbocycles. The second kappa shape index (κ2) is 9.06. The van der Waals surface area contributed by atoms with Gasteiger partial charge >= 0.3 is 0 Å². The van der Waals surface area contributed by atoms with E-state index >= 15 is 0 Å². The van der Waals surface area contributed by atoms with E-state index in [0.717, 1.165) is 39.4 Å². The van der Waals surface area contributed by atoms with Gasteiger partial charge in [0, 0.05) is 34.7 Å². The van der Waals surface area contributed by atoms with E-state index in [1.165, 1.54) is 12.1 Å². The highest BCUT2D eigenvalue weighted by atomic mass is 19.1. The Kier molecular flexibility index (Phi) is 5.79. The van der Waals surface area contributed by atoms with E-state index in [2.05, 4.69) is 23.5 Å². The highest BCUT2D eigenvalue weighted by Gasteiger charge is 2.16. The molecule has 0 aliphatic rings. The molecule has 0 saturated carbocycles. The molecule has 0 aliphatic carbocycles. The van der Waals surface area contributed by atoms with E-state index in [9.17, 15) is 13.6 Å². The molecular formula is C29H21F2NO3. The number of carbonyl (C=O) groups excluding carboxylic acids is 1. The van der Waals surface area contributed by atoms with Crippen LogP contribution >= 0.6 is 0 Å². The fourth-order valence-corrected chi connectivity index (χ4v) is 4.23. The van der Waals surface area contributed by atoms with Crippen LogP contribution in [0.5, 0.6) is 5.75 Å². The second-order valence-electron chi connectivity index (χ2n) is 8.17. The molecule has 5 aromatic rings. The first-order valence-corrected chi connectivity index (χ1v) is 11.0. The van der Waals surface area contributed by atoms with Crippen molar-refractivity contribution in [1.29, 1.82) is 0 Å². The fraction of sp³-hybridized carbons (Fsp3) is 0.0690. The van der Waals surface area contributed by atoms with Crippen molar-refractivity contribution >= 4 is 38.9 Å². The third-order valence-corrected chi connectivity index (χ3v) is 5.94. The van der Waals surface area contributed by atoms with Crippen LogP contribution in [0.1, 0.15) is 12.5 Å². The van der Waals surface area contributed by atoms with Crippen LogP contribution in [0.3, 0.4) is 0 Å². The minimum atomic E-state index is -0.846. The van der Waals surface area contributed by atoms with Gasteiger partial charge in [0.05, 0.1) is 19.1 Å². The molecule has 0 aliphatic heterocycles. The first-order valence-electron chi connectivity index (χ1n) is 11.0. The molecule has 0 unspecified atom stereocenters. The van der Waals surface area contributed by atoms with Crippen LogP contribution in [0, 0.1) is 11.6 Å². The maximum Gasteiger partial charge on any atom is 0.248 e. The topological polar surface area (TPSA) is 51.5 Å². The smallest absolute Gasteiger partial charge is 0.248 e. The third-order valence-electron chi connectivity index (χ3n) is 5.94. The molecule has 0 atom stereocenters. The van der Waals surface area contributed by atoms with Gasteiger partial charge in [0.1, 0.15) is 23.0 Å². The number of nitrogens with one attached hydrogen (secondary N) is 1. The van der Waals surface area contributed by atoms with E-state index in [1.54, 1.807) is 26.4 Å². The number of benzene rings is 4. The predicted octanol–water partition coefficient (Wildman–Crippen LogP) is 7.58. The number of hydrogen-bond donors (Lipinski definition) is 1. The Bertz CT molecular complexity index is 1610. The number of amides is 1. The average molecular weight is 469 g/mol. The first kappa shape index (κ1) is 22.3. The van der Waals surface area contributed by atoms with Crippen molar-refractivity contribution in [1.82, 2.24) is 0 Å². The SMILES string of the molecule is COc1cc2occ(-c3cccc4ccccc34)c2cc1/C(C)=C/C(=O)Nc1ccc(F)cc1F. The summed E-state index contributed by atoms with van der Waals surface area (Å²) in [5.74, 6) is -1.57. The molecule has 1 N–H and O–H groups in total. The van der Waals surface area contributed by atoms with E-state index in [4.69, 9.17) is 9.15 Å². The number of carbonyl (C=O) groups is 1. The lowest BCUT2D eigenvalue weighted by atomic mass is 9.96. The zero-order chi connectivity index (χ0) is 24.5. The summed E-state index contributed by atoms with van der Waals surface area (Å²) in [6, 6.07) is 20.9. The highest BCUT2D eigenvalue weighted by molar-refractivity contribution is 6.07. The Labute approximate surface area is 200 Å². The van der Waals surface area contributed by atoms with Crippen molar-refractivity contribution in [2.75, 3.05) is 12.4 Å².